The van der Waals surface area contributed by atoms with Crippen molar-refractivity contribution in [3.8, 4) is 0 Å². The van der Waals surface area contributed by atoms with Gasteiger partial charge in [-0.05, 0) is 25.2 Å². The number of hydrogen-bond acceptors (Lipinski definition) is 2. The average Bonchev–Trinajstić information content (AvgIpc) is 2.20. The van der Waals surface area contributed by atoms with Crippen molar-refractivity contribution in [2.75, 3.05) is 13.1 Å². The number of nitrogens with zero attached hydrogens (tertiary/aromatic N) is 2. The Hall–Kier alpha value is -1.44. The summed E-state index contributed by atoms with van der Waals surface area (Å²) < 4.78 is 0. The molecular formula is C11H13N2. The number of allylic oxidation sites excluding steroid dienone is 4. The lowest BCUT2D eigenvalue weighted by Gasteiger charge is -2.34. The minimum atomic E-state index is 0.910. The van der Waals surface area contributed by atoms with E-state index in [0.29, 0.717) is 0 Å². The van der Waals surface area contributed by atoms with E-state index in [-0.39, 0.29) is 0 Å². The van der Waals surface area contributed by atoms with Crippen molar-refractivity contribution >= 4 is 0 Å². The Kier molecular flexibility index (Phi) is 2.21. The molecule has 2 aliphatic heterocycles. The molecule has 2 nitrogen and oxygen atoms in total. The first-order valence-electron chi connectivity index (χ1n) is 4.49. The van der Waals surface area contributed by atoms with Crippen LogP contribution in [-0.4, -0.2) is 23.1 Å². The summed E-state index contributed by atoms with van der Waals surface area (Å²) in [6.07, 6.45) is 15.5. The fraction of sp³-hybridized carbons (Fsp3) is 0.273. The molecule has 0 amide bonds. The van der Waals surface area contributed by atoms with Crippen molar-refractivity contribution in [1.29, 1.82) is 0 Å². The highest BCUT2D eigenvalue weighted by molar-refractivity contribution is 5.20. The van der Waals surface area contributed by atoms with Gasteiger partial charge in [0.15, 0.2) is 0 Å². The minimum Gasteiger partial charge on any atom is -0.289 e. The summed E-state index contributed by atoms with van der Waals surface area (Å²) in [5, 5.41) is 4.34. The zero-order valence-electron chi connectivity index (χ0n) is 7.77. The molecule has 0 saturated heterocycles. The predicted molar refractivity (Wildman–Crippen MR) is 53.3 cm³/mol. The molecule has 2 rings (SSSR count). The van der Waals surface area contributed by atoms with E-state index in [1.54, 1.807) is 0 Å². The topological polar surface area (TPSA) is 6.48 Å². The predicted octanol–water partition coefficient (Wildman–Crippen LogP) is 1.87. The summed E-state index contributed by atoms with van der Waals surface area (Å²) in [5.41, 5.74) is 1.33. The van der Waals surface area contributed by atoms with E-state index in [4.69, 9.17) is 0 Å². The first kappa shape index (κ1) is 8.17. The van der Waals surface area contributed by atoms with Crippen molar-refractivity contribution in [3.05, 3.63) is 48.4 Å². The molecule has 0 spiro atoms. The van der Waals surface area contributed by atoms with Gasteiger partial charge in [-0.3, -0.25) is 10.0 Å². The molecule has 1 radical (unpaired) electrons. The molecular weight excluding hydrogens is 160 g/mol. The molecule has 2 heteroatoms. The first-order valence-corrected chi connectivity index (χ1v) is 4.49. The van der Waals surface area contributed by atoms with Crippen molar-refractivity contribution in [1.82, 2.24) is 10.0 Å². The van der Waals surface area contributed by atoms with Crippen molar-refractivity contribution in [2.45, 2.75) is 6.92 Å². The second kappa shape index (κ2) is 3.52. The molecule has 0 saturated carbocycles. The molecule has 0 bridgehead atoms. The molecule has 0 unspecified atom stereocenters. The largest absolute Gasteiger partial charge is 0.289 e. The van der Waals surface area contributed by atoms with Crippen LogP contribution in [0.3, 0.4) is 0 Å². The molecule has 67 valence electrons. The Labute approximate surface area is 79.1 Å². The van der Waals surface area contributed by atoms with Crippen molar-refractivity contribution < 1.29 is 0 Å². The van der Waals surface area contributed by atoms with Gasteiger partial charge in [-0.1, -0.05) is 17.7 Å². The first-order chi connectivity index (χ1) is 6.36. The van der Waals surface area contributed by atoms with Gasteiger partial charge in [-0.25, -0.2) is 0 Å². The van der Waals surface area contributed by atoms with Gasteiger partial charge in [0.2, 0.25) is 0 Å². The van der Waals surface area contributed by atoms with Gasteiger partial charge < -0.3 is 0 Å². The highest BCUT2D eigenvalue weighted by atomic mass is 15.6. The third-order valence-corrected chi connectivity index (χ3v) is 2.18. The lowest BCUT2D eigenvalue weighted by molar-refractivity contribution is 0.101. The Morgan fingerprint density at radius 3 is 2.69 bits per heavy atom. The summed E-state index contributed by atoms with van der Waals surface area (Å²) in [4.78, 5) is 0. The zero-order chi connectivity index (χ0) is 9.10. The smallest absolute Gasteiger partial charge is 0.0579 e. The number of hydrogen-bond donors (Lipinski definition) is 0. The average molecular weight is 173 g/mol. The minimum absolute atomic E-state index is 0.910. The maximum atomic E-state index is 3.05. The summed E-state index contributed by atoms with van der Waals surface area (Å²) >= 11 is 0. The van der Waals surface area contributed by atoms with Crippen LogP contribution in [0.5, 0.6) is 0 Å². The Morgan fingerprint density at radius 1 is 1.23 bits per heavy atom. The lowest BCUT2D eigenvalue weighted by atomic mass is 10.2. The SMILES string of the molecule is CC1=CCN(N2C=C[C]=CC2)C=C1. The van der Waals surface area contributed by atoms with Crippen LogP contribution in [-0.2, 0) is 0 Å². The van der Waals surface area contributed by atoms with Crippen LogP contribution < -0.4 is 0 Å². The summed E-state index contributed by atoms with van der Waals surface area (Å²) in [5.74, 6) is 0. The van der Waals surface area contributed by atoms with Gasteiger partial charge in [0.25, 0.3) is 0 Å². The van der Waals surface area contributed by atoms with E-state index in [1.807, 2.05) is 18.4 Å². The van der Waals surface area contributed by atoms with Gasteiger partial charge in [0.05, 0.1) is 13.1 Å². The highest BCUT2D eigenvalue weighted by Gasteiger charge is 2.08. The quantitative estimate of drug-likeness (QED) is 0.597. The molecule has 13 heavy (non-hydrogen) atoms. The molecule has 0 aromatic carbocycles. The van der Waals surface area contributed by atoms with Gasteiger partial charge in [0, 0.05) is 12.4 Å². The maximum Gasteiger partial charge on any atom is 0.0579 e. The molecule has 0 N–H and O–H groups in total. The van der Waals surface area contributed by atoms with Crippen molar-refractivity contribution in [3.63, 3.8) is 0 Å². The summed E-state index contributed by atoms with van der Waals surface area (Å²) in [6, 6.07) is 0. The highest BCUT2D eigenvalue weighted by Crippen LogP contribution is 2.11. The van der Waals surface area contributed by atoms with Crippen LogP contribution in [0.2, 0.25) is 0 Å². The van der Waals surface area contributed by atoms with E-state index in [9.17, 15) is 0 Å². The fourth-order valence-corrected chi connectivity index (χ4v) is 1.36. The van der Waals surface area contributed by atoms with Crippen LogP contribution >= 0.6 is 0 Å². The summed E-state index contributed by atoms with van der Waals surface area (Å²) in [7, 11) is 0. The molecule has 0 aromatic heterocycles. The van der Waals surface area contributed by atoms with Crippen LogP contribution in [0.25, 0.3) is 0 Å². The molecule has 2 aliphatic rings. The third-order valence-electron chi connectivity index (χ3n) is 2.18. The van der Waals surface area contributed by atoms with E-state index in [0.717, 1.165) is 13.1 Å². The molecule has 0 fully saturated rings. The van der Waals surface area contributed by atoms with Gasteiger partial charge in [-0.2, -0.15) is 0 Å². The third kappa shape index (κ3) is 1.83. The second-order valence-corrected chi connectivity index (χ2v) is 3.19. The number of hydrazine groups is 1. The van der Waals surface area contributed by atoms with Crippen molar-refractivity contribution in [2.24, 2.45) is 0 Å². The monoisotopic (exact) mass is 173 g/mol. The van der Waals surface area contributed by atoms with Gasteiger partial charge in [-0.15, -0.1) is 0 Å². The maximum absolute atomic E-state index is 3.05. The number of rotatable bonds is 1. The fourth-order valence-electron chi connectivity index (χ4n) is 1.36. The van der Waals surface area contributed by atoms with E-state index in [1.165, 1.54) is 5.57 Å². The second-order valence-electron chi connectivity index (χ2n) is 3.19. The normalized spacial score (nSPS) is 20.8. The Morgan fingerprint density at radius 2 is 2.08 bits per heavy atom. The van der Waals surface area contributed by atoms with Gasteiger partial charge in [0.1, 0.15) is 0 Å². The Bertz CT molecular complexity index is 297. The van der Waals surface area contributed by atoms with Crippen LogP contribution in [0, 0.1) is 6.08 Å². The van der Waals surface area contributed by atoms with Crippen LogP contribution in [0.4, 0.5) is 0 Å². The zero-order valence-corrected chi connectivity index (χ0v) is 7.77. The Balaban J connectivity index is 2.00. The van der Waals surface area contributed by atoms with E-state index < -0.39 is 0 Å². The lowest BCUT2D eigenvalue weighted by Crippen LogP contribution is -2.36. The molecule has 0 aromatic rings. The molecule has 0 atom stereocenters. The van der Waals surface area contributed by atoms with Gasteiger partial charge >= 0.3 is 0 Å². The van der Waals surface area contributed by atoms with E-state index >= 15 is 0 Å². The summed E-state index contributed by atoms with van der Waals surface area (Å²) in [6.45, 7) is 3.99. The van der Waals surface area contributed by atoms with Crippen LogP contribution in [0.15, 0.2) is 42.3 Å². The van der Waals surface area contributed by atoms with Crippen LogP contribution in [0.1, 0.15) is 6.92 Å². The standard InChI is InChI=1S/C11H13N2/c1-11-5-9-13(10-6-11)12-7-3-2-4-8-12/h3-7,9H,8,10H2,1H3. The molecule has 2 heterocycles. The van der Waals surface area contributed by atoms with E-state index in [2.05, 4.69) is 41.4 Å². The molecule has 0 aliphatic carbocycles.